The Hall–Kier alpha value is -1.50. The monoisotopic (exact) mass is 349 g/mol. The van der Waals surface area contributed by atoms with Crippen LogP contribution in [0.4, 0.5) is 4.39 Å². The summed E-state index contributed by atoms with van der Waals surface area (Å²) in [6, 6.07) is 3.50. The number of halogens is 1. The highest BCUT2D eigenvalue weighted by Crippen LogP contribution is 2.38. The fourth-order valence-corrected chi connectivity index (χ4v) is 4.20. The molecular formula is C19H28FN3O2. The van der Waals surface area contributed by atoms with E-state index in [4.69, 9.17) is 5.21 Å². The number of benzene rings is 1. The minimum atomic E-state index is -0.662. The molecule has 2 unspecified atom stereocenters. The smallest absolute Gasteiger partial charge is 0.274 e. The van der Waals surface area contributed by atoms with E-state index < -0.39 is 5.91 Å². The molecule has 138 valence electrons. The van der Waals surface area contributed by atoms with Crippen molar-refractivity contribution in [1.29, 1.82) is 0 Å². The van der Waals surface area contributed by atoms with Crippen LogP contribution >= 0.6 is 0 Å². The standard InChI is InChI=1S/C19H28FN3O2/c1-21-8-3-2-4-13-5-6-18(13)23-9-7-14-10-15(19(24)22-25)11-17(20)16(14)12-23/h10-11,13,18,21,25H,2-9,12H2,1H3,(H,22,24). The van der Waals surface area contributed by atoms with Gasteiger partial charge in [-0.25, -0.2) is 9.87 Å². The molecule has 1 aliphatic heterocycles. The Balaban J connectivity index is 1.62. The third-order valence-electron chi connectivity index (χ3n) is 5.78. The molecule has 2 atom stereocenters. The van der Waals surface area contributed by atoms with Gasteiger partial charge >= 0.3 is 0 Å². The number of rotatable bonds is 7. The number of amides is 1. The Bertz CT molecular complexity index is 623. The summed E-state index contributed by atoms with van der Waals surface area (Å²) in [6.07, 6.45) is 6.97. The molecule has 0 radical (unpaired) electrons. The maximum Gasteiger partial charge on any atom is 0.274 e. The normalized spacial score (nSPS) is 23.0. The highest BCUT2D eigenvalue weighted by molar-refractivity contribution is 5.93. The van der Waals surface area contributed by atoms with E-state index >= 15 is 0 Å². The molecule has 3 N–H and O–H groups in total. The number of carbonyl (C=O) groups excluding carboxylic acids is 1. The molecule has 0 bridgehead atoms. The number of hydroxylamine groups is 1. The SMILES string of the molecule is CNCCCCC1CCC1N1CCc2cc(C(=O)NO)cc(F)c2C1. The number of nitrogens with zero attached hydrogens (tertiary/aromatic N) is 1. The summed E-state index contributed by atoms with van der Waals surface area (Å²) in [5.41, 5.74) is 3.35. The molecule has 1 saturated carbocycles. The first-order chi connectivity index (χ1) is 12.1. The maximum absolute atomic E-state index is 14.5. The first kappa shape index (κ1) is 18.3. The number of hydrogen-bond acceptors (Lipinski definition) is 4. The lowest BCUT2D eigenvalue weighted by Gasteiger charge is -2.46. The first-order valence-electron chi connectivity index (χ1n) is 9.28. The molecule has 5 nitrogen and oxygen atoms in total. The average Bonchev–Trinajstić information content (AvgIpc) is 2.60. The zero-order valence-electron chi connectivity index (χ0n) is 14.9. The van der Waals surface area contributed by atoms with E-state index in [1.807, 2.05) is 7.05 Å². The Morgan fingerprint density at radius 1 is 1.36 bits per heavy atom. The number of unbranched alkanes of at least 4 members (excludes halogenated alkanes) is 1. The summed E-state index contributed by atoms with van der Waals surface area (Å²) < 4.78 is 14.5. The van der Waals surface area contributed by atoms with Gasteiger partial charge in [0.25, 0.3) is 5.91 Å². The summed E-state index contributed by atoms with van der Waals surface area (Å²) in [5.74, 6) is -0.267. The van der Waals surface area contributed by atoms with E-state index in [2.05, 4.69) is 10.2 Å². The van der Waals surface area contributed by atoms with Gasteiger partial charge in [0.15, 0.2) is 0 Å². The predicted octanol–water partition coefficient (Wildman–Crippen LogP) is 2.47. The number of nitrogens with one attached hydrogen (secondary N) is 2. The first-order valence-corrected chi connectivity index (χ1v) is 9.28. The Labute approximate surface area is 148 Å². The van der Waals surface area contributed by atoms with Crippen LogP contribution in [0.5, 0.6) is 0 Å². The molecule has 1 aromatic rings. The second-order valence-corrected chi connectivity index (χ2v) is 7.26. The third-order valence-corrected chi connectivity index (χ3v) is 5.78. The summed E-state index contributed by atoms with van der Waals surface area (Å²) >= 11 is 0. The van der Waals surface area contributed by atoms with Crippen LogP contribution in [0.3, 0.4) is 0 Å². The van der Waals surface area contributed by atoms with Gasteiger partial charge in [-0.1, -0.05) is 6.42 Å². The van der Waals surface area contributed by atoms with E-state index in [1.54, 1.807) is 11.5 Å². The van der Waals surface area contributed by atoms with Crippen LogP contribution in [0.2, 0.25) is 0 Å². The van der Waals surface area contributed by atoms with Crippen molar-refractivity contribution in [2.24, 2.45) is 5.92 Å². The van der Waals surface area contributed by atoms with Crippen molar-refractivity contribution in [2.75, 3.05) is 20.1 Å². The van der Waals surface area contributed by atoms with Gasteiger partial charge in [-0.05, 0) is 69.3 Å². The van der Waals surface area contributed by atoms with Crippen molar-refractivity contribution in [1.82, 2.24) is 15.7 Å². The molecule has 1 amide bonds. The Kier molecular flexibility index (Phi) is 6.04. The topological polar surface area (TPSA) is 64.6 Å². The summed E-state index contributed by atoms with van der Waals surface area (Å²) in [6.45, 7) is 2.61. The van der Waals surface area contributed by atoms with Crippen molar-refractivity contribution >= 4 is 5.91 Å². The molecule has 0 saturated heterocycles. The molecule has 1 aliphatic carbocycles. The second kappa shape index (κ2) is 8.25. The zero-order valence-corrected chi connectivity index (χ0v) is 14.9. The molecule has 1 fully saturated rings. The second-order valence-electron chi connectivity index (χ2n) is 7.26. The van der Waals surface area contributed by atoms with Gasteiger partial charge in [0, 0.05) is 30.3 Å². The Morgan fingerprint density at radius 2 is 2.20 bits per heavy atom. The zero-order chi connectivity index (χ0) is 17.8. The molecule has 25 heavy (non-hydrogen) atoms. The van der Waals surface area contributed by atoms with Gasteiger partial charge in [0.2, 0.25) is 0 Å². The minimum Gasteiger partial charge on any atom is -0.320 e. The van der Waals surface area contributed by atoms with Gasteiger partial charge in [-0.3, -0.25) is 14.9 Å². The number of carbonyl (C=O) groups is 1. The molecule has 1 heterocycles. The molecular weight excluding hydrogens is 321 g/mol. The van der Waals surface area contributed by atoms with Gasteiger partial charge < -0.3 is 5.32 Å². The van der Waals surface area contributed by atoms with Crippen molar-refractivity contribution in [3.63, 3.8) is 0 Å². The lowest BCUT2D eigenvalue weighted by Crippen LogP contribution is -2.49. The molecule has 2 aliphatic rings. The quantitative estimate of drug-likeness (QED) is 0.402. The fourth-order valence-electron chi connectivity index (χ4n) is 4.20. The van der Waals surface area contributed by atoms with Gasteiger partial charge in [-0.15, -0.1) is 0 Å². The Morgan fingerprint density at radius 3 is 2.88 bits per heavy atom. The van der Waals surface area contributed by atoms with E-state index in [0.29, 0.717) is 18.2 Å². The minimum absolute atomic E-state index is 0.179. The van der Waals surface area contributed by atoms with Crippen LogP contribution in [0.25, 0.3) is 0 Å². The van der Waals surface area contributed by atoms with Crippen LogP contribution in [0.1, 0.15) is 53.6 Å². The van der Waals surface area contributed by atoms with E-state index in [-0.39, 0.29) is 11.4 Å². The number of hydrogen-bond donors (Lipinski definition) is 3. The van der Waals surface area contributed by atoms with Crippen LogP contribution < -0.4 is 10.8 Å². The molecule has 0 spiro atoms. The highest BCUT2D eigenvalue weighted by Gasteiger charge is 2.36. The van der Waals surface area contributed by atoms with Crippen LogP contribution in [0.15, 0.2) is 12.1 Å². The molecule has 1 aromatic carbocycles. The predicted molar refractivity (Wildman–Crippen MR) is 94.1 cm³/mol. The van der Waals surface area contributed by atoms with E-state index in [1.165, 1.54) is 38.2 Å². The van der Waals surface area contributed by atoms with Crippen LogP contribution in [-0.4, -0.2) is 42.2 Å². The molecule has 3 rings (SSSR count). The average molecular weight is 349 g/mol. The fraction of sp³-hybridized carbons (Fsp3) is 0.632. The molecule has 6 heteroatoms. The van der Waals surface area contributed by atoms with Gasteiger partial charge in [0.05, 0.1) is 0 Å². The van der Waals surface area contributed by atoms with Gasteiger partial charge in [-0.2, -0.15) is 0 Å². The highest BCUT2D eigenvalue weighted by atomic mass is 19.1. The summed E-state index contributed by atoms with van der Waals surface area (Å²) in [7, 11) is 1.99. The van der Waals surface area contributed by atoms with E-state index in [0.717, 1.165) is 31.0 Å². The van der Waals surface area contributed by atoms with Crippen LogP contribution in [0, 0.1) is 11.7 Å². The third kappa shape index (κ3) is 4.02. The number of fused-ring (bicyclic) bond motifs is 1. The van der Waals surface area contributed by atoms with Crippen molar-refractivity contribution in [2.45, 2.75) is 51.1 Å². The van der Waals surface area contributed by atoms with Crippen LogP contribution in [-0.2, 0) is 13.0 Å². The summed E-state index contributed by atoms with van der Waals surface area (Å²) in [4.78, 5) is 13.9. The van der Waals surface area contributed by atoms with Crippen molar-refractivity contribution in [3.05, 3.63) is 34.6 Å². The van der Waals surface area contributed by atoms with Crippen molar-refractivity contribution in [3.8, 4) is 0 Å². The maximum atomic E-state index is 14.5. The van der Waals surface area contributed by atoms with Gasteiger partial charge in [0.1, 0.15) is 5.82 Å². The summed E-state index contributed by atoms with van der Waals surface area (Å²) in [5, 5.41) is 11.9. The lowest BCUT2D eigenvalue weighted by atomic mass is 9.74. The van der Waals surface area contributed by atoms with E-state index in [9.17, 15) is 9.18 Å². The lowest BCUT2D eigenvalue weighted by molar-refractivity contribution is 0.0442. The van der Waals surface area contributed by atoms with Crippen molar-refractivity contribution < 1.29 is 14.4 Å². The largest absolute Gasteiger partial charge is 0.320 e. The molecule has 0 aromatic heterocycles.